The first-order valence-corrected chi connectivity index (χ1v) is 6.59. The summed E-state index contributed by atoms with van der Waals surface area (Å²) in [6, 6.07) is 6.86. The van der Waals surface area contributed by atoms with Gasteiger partial charge in [-0.05, 0) is 30.7 Å². The second kappa shape index (κ2) is 7.21. The molecular formula is C15H14N2O6. The standard InChI is InChI=1S/C15H14N2O6/c1-10-15(17(19)20)13(23-16-10)7-6-11-4-3-5-12(8-11)22-9-14(18)21-2/h3-8H,9H2,1-2H3/b7-6+. The van der Waals surface area contributed by atoms with Crippen LogP contribution in [0.4, 0.5) is 5.69 Å². The number of methoxy groups -OCH3 is 1. The van der Waals surface area contributed by atoms with Crippen LogP contribution in [-0.2, 0) is 9.53 Å². The van der Waals surface area contributed by atoms with Gasteiger partial charge in [-0.25, -0.2) is 4.79 Å². The van der Waals surface area contributed by atoms with Crippen molar-refractivity contribution in [2.75, 3.05) is 13.7 Å². The molecule has 23 heavy (non-hydrogen) atoms. The van der Waals surface area contributed by atoms with E-state index >= 15 is 0 Å². The fourth-order valence-corrected chi connectivity index (χ4v) is 1.79. The molecule has 120 valence electrons. The number of nitro groups is 1. The molecule has 0 atom stereocenters. The SMILES string of the molecule is COC(=O)COc1cccc(/C=C/c2onc(C)c2[N+](=O)[O-])c1. The van der Waals surface area contributed by atoms with Crippen LogP contribution < -0.4 is 4.74 Å². The highest BCUT2D eigenvalue weighted by Crippen LogP contribution is 2.25. The van der Waals surface area contributed by atoms with Crippen molar-refractivity contribution in [2.45, 2.75) is 6.92 Å². The first-order chi connectivity index (χ1) is 11.0. The minimum absolute atomic E-state index is 0.0633. The molecule has 0 N–H and O–H groups in total. The zero-order chi connectivity index (χ0) is 16.8. The molecule has 8 nitrogen and oxygen atoms in total. The molecule has 0 radical (unpaired) electrons. The summed E-state index contributed by atoms with van der Waals surface area (Å²) >= 11 is 0. The van der Waals surface area contributed by atoms with Gasteiger partial charge in [0.1, 0.15) is 5.75 Å². The second-order valence-electron chi connectivity index (χ2n) is 4.51. The highest BCUT2D eigenvalue weighted by molar-refractivity contribution is 5.73. The maximum atomic E-state index is 11.0. The lowest BCUT2D eigenvalue weighted by molar-refractivity contribution is -0.386. The van der Waals surface area contributed by atoms with Crippen LogP contribution >= 0.6 is 0 Å². The molecule has 2 aromatic rings. The number of ether oxygens (including phenoxy) is 2. The normalized spacial score (nSPS) is 10.7. The van der Waals surface area contributed by atoms with E-state index in [1.807, 2.05) is 0 Å². The molecule has 0 saturated carbocycles. The molecule has 0 aliphatic heterocycles. The molecule has 0 amide bonds. The number of carbonyl (C=O) groups excluding carboxylic acids is 1. The average Bonchev–Trinajstić information content (AvgIpc) is 2.92. The Hall–Kier alpha value is -3.16. The lowest BCUT2D eigenvalue weighted by Crippen LogP contribution is -2.12. The fourth-order valence-electron chi connectivity index (χ4n) is 1.79. The van der Waals surface area contributed by atoms with Crippen LogP contribution in [0.2, 0.25) is 0 Å². The lowest BCUT2D eigenvalue weighted by Gasteiger charge is -2.05. The number of esters is 1. The van der Waals surface area contributed by atoms with Gasteiger partial charge in [-0.15, -0.1) is 0 Å². The molecule has 1 aromatic carbocycles. The number of aryl methyl sites for hydroxylation is 1. The zero-order valence-electron chi connectivity index (χ0n) is 12.5. The molecule has 8 heteroatoms. The van der Waals surface area contributed by atoms with Gasteiger partial charge in [-0.1, -0.05) is 23.4 Å². The monoisotopic (exact) mass is 318 g/mol. The fraction of sp³-hybridized carbons (Fsp3) is 0.200. The van der Waals surface area contributed by atoms with E-state index < -0.39 is 10.9 Å². The molecule has 0 spiro atoms. The van der Waals surface area contributed by atoms with E-state index in [0.717, 1.165) is 5.56 Å². The average molecular weight is 318 g/mol. The zero-order valence-corrected chi connectivity index (χ0v) is 12.5. The van der Waals surface area contributed by atoms with Crippen LogP contribution in [0.3, 0.4) is 0 Å². The third-order valence-corrected chi connectivity index (χ3v) is 2.91. The molecular weight excluding hydrogens is 304 g/mol. The molecule has 0 aliphatic rings. The summed E-state index contributed by atoms with van der Waals surface area (Å²) < 4.78 is 14.7. The predicted molar refractivity (Wildman–Crippen MR) is 80.8 cm³/mol. The van der Waals surface area contributed by atoms with Gasteiger partial charge < -0.3 is 14.0 Å². The number of carbonyl (C=O) groups is 1. The van der Waals surface area contributed by atoms with Crippen LogP contribution in [0.25, 0.3) is 12.2 Å². The van der Waals surface area contributed by atoms with E-state index in [4.69, 9.17) is 9.26 Å². The Morgan fingerprint density at radius 3 is 2.91 bits per heavy atom. The van der Waals surface area contributed by atoms with Crippen molar-refractivity contribution in [3.8, 4) is 5.75 Å². The smallest absolute Gasteiger partial charge is 0.343 e. The van der Waals surface area contributed by atoms with Crippen LogP contribution in [0, 0.1) is 17.0 Å². The number of nitrogens with zero attached hydrogens (tertiary/aromatic N) is 2. The number of hydrogen-bond donors (Lipinski definition) is 0. The van der Waals surface area contributed by atoms with E-state index in [0.29, 0.717) is 5.75 Å². The largest absolute Gasteiger partial charge is 0.482 e. The summed E-state index contributed by atoms with van der Waals surface area (Å²) in [4.78, 5) is 21.5. The van der Waals surface area contributed by atoms with Crippen molar-refractivity contribution in [1.82, 2.24) is 5.16 Å². The summed E-state index contributed by atoms with van der Waals surface area (Å²) in [5.41, 5.74) is 0.764. The number of hydrogen-bond acceptors (Lipinski definition) is 7. The Balaban J connectivity index is 2.14. The third-order valence-electron chi connectivity index (χ3n) is 2.91. The second-order valence-corrected chi connectivity index (χ2v) is 4.51. The Bertz CT molecular complexity index is 750. The summed E-state index contributed by atoms with van der Waals surface area (Å²) in [7, 11) is 1.27. The van der Waals surface area contributed by atoms with Crippen LogP contribution in [0.1, 0.15) is 17.0 Å². The number of benzene rings is 1. The van der Waals surface area contributed by atoms with Crippen molar-refractivity contribution in [3.63, 3.8) is 0 Å². The van der Waals surface area contributed by atoms with Crippen molar-refractivity contribution in [3.05, 3.63) is 51.4 Å². The van der Waals surface area contributed by atoms with E-state index in [2.05, 4.69) is 9.89 Å². The molecule has 0 fully saturated rings. The van der Waals surface area contributed by atoms with Gasteiger partial charge in [0.25, 0.3) is 0 Å². The number of rotatable bonds is 6. The third kappa shape index (κ3) is 4.16. The van der Waals surface area contributed by atoms with Crippen molar-refractivity contribution < 1.29 is 23.7 Å². The van der Waals surface area contributed by atoms with Crippen molar-refractivity contribution >= 4 is 23.8 Å². The Morgan fingerprint density at radius 2 is 2.22 bits per heavy atom. The first-order valence-electron chi connectivity index (χ1n) is 6.59. The quantitative estimate of drug-likeness (QED) is 0.458. The van der Waals surface area contributed by atoms with Crippen molar-refractivity contribution in [1.29, 1.82) is 0 Å². The molecule has 0 bridgehead atoms. The van der Waals surface area contributed by atoms with Gasteiger partial charge in [0.15, 0.2) is 12.3 Å². The molecule has 2 rings (SSSR count). The Kier molecular flexibility index (Phi) is 5.08. The maximum absolute atomic E-state index is 11.0. The van der Waals surface area contributed by atoms with E-state index in [1.165, 1.54) is 20.1 Å². The van der Waals surface area contributed by atoms with Crippen molar-refractivity contribution in [2.24, 2.45) is 0 Å². The highest BCUT2D eigenvalue weighted by Gasteiger charge is 2.21. The summed E-state index contributed by atoms with van der Waals surface area (Å²) in [6.45, 7) is 1.30. The van der Waals surface area contributed by atoms with Gasteiger partial charge >= 0.3 is 11.7 Å². The summed E-state index contributed by atoms with van der Waals surface area (Å²) in [5.74, 6) is 0.0490. The van der Waals surface area contributed by atoms with Crippen LogP contribution in [-0.4, -0.2) is 29.8 Å². The molecule has 0 saturated heterocycles. The van der Waals surface area contributed by atoms with Gasteiger partial charge in [-0.3, -0.25) is 10.1 Å². The molecule has 1 aromatic heterocycles. The maximum Gasteiger partial charge on any atom is 0.343 e. The minimum atomic E-state index is -0.540. The van der Waals surface area contributed by atoms with Crippen LogP contribution in [0.5, 0.6) is 5.75 Å². The molecule has 0 aliphatic carbocycles. The lowest BCUT2D eigenvalue weighted by atomic mass is 10.2. The van der Waals surface area contributed by atoms with Gasteiger partial charge in [-0.2, -0.15) is 0 Å². The van der Waals surface area contributed by atoms with E-state index in [-0.39, 0.29) is 23.7 Å². The number of aromatic nitrogens is 1. The van der Waals surface area contributed by atoms with E-state index in [1.54, 1.807) is 30.3 Å². The van der Waals surface area contributed by atoms with E-state index in [9.17, 15) is 14.9 Å². The highest BCUT2D eigenvalue weighted by atomic mass is 16.6. The molecule has 0 unspecified atom stereocenters. The van der Waals surface area contributed by atoms with Gasteiger partial charge in [0.05, 0.1) is 12.0 Å². The van der Waals surface area contributed by atoms with Gasteiger partial charge in [0, 0.05) is 0 Å². The van der Waals surface area contributed by atoms with Crippen LogP contribution in [0.15, 0.2) is 28.8 Å². The predicted octanol–water partition coefficient (Wildman–Crippen LogP) is 2.61. The minimum Gasteiger partial charge on any atom is -0.482 e. The summed E-state index contributed by atoms with van der Waals surface area (Å²) in [6.07, 6.45) is 3.08. The summed E-state index contributed by atoms with van der Waals surface area (Å²) in [5, 5.41) is 14.5. The molecule has 1 heterocycles. The first kappa shape index (κ1) is 16.2. The topological polar surface area (TPSA) is 105 Å². The van der Waals surface area contributed by atoms with Gasteiger partial charge in [0.2, 0.25) is 5.76 Å². The Morgan fingerprint density at radius 1 is 1.43 bits per heavy atom. The Labute approximate surface area is 131 Å².